The Hall–Kier alpha value is -1.19. The maximum atomic E-state index is 12.5. The van der Waals surface area contributed by atoms with Gasteiger partial charge < -0.3 is 29.2 Å². The van der Waals surface area contributed by atoms with Crippen molar-refractivity contribution in [3.8, 4) is 0 Å². The standard InChI is InChI=1S/C21H36N2O3.C6H4F.Li/c1-4-18(22)19(24)8-7-16-9-12-21(13-10-16)15-17(26-20(21)25)11-14-23(5-2)6-3;7-6-4-2-1-3-5-6;/h16-18H,2-15,22H2,1H3;2-5H;/q-2;-1;+1/t16?,17-,18-,21?;;/m0../s1. The molecule has 2 N–H and O–H groups in total. The summed E-state index contributed by atoms with van der Waals surface area (Å²) in [6.45, 7) is 12.1. The molecule has 1 aromatic carbocycles. The summed E-state index contributed by atoms with van der Waals surface area (Å²) < 4.78 is 17.6. The second-order valence-electron chi connectivity index (χ2n) is 9.32. The van der Waals surface area contributed by atoms with Crippen LogP contribution in [0.5, 0.6) is 0 Å². The second kappa shape index (κ2) is 15.7. The van der Waals surface area contributed by atoms with Crippen LogP contribution in [0.2, 0.25) is 0 Å². The minimum atomic E-state index is -0.313. The molecule has 1 saturated heterocycles. The van der Waals surface area contributed by atoms with E-state index in [-0.39, 0.29) is 54.0 Å². The van der Waals surface area contributed by atoms with Crippen LogP contribution in [0.3, 0.4) is 0 Å². The second-order valence-corrected chi connectivity index (χ2v) is 9.32. The van der Waals surface area contributed by atoms with Gasteiger partial charge in [-0.05, 0) is 57.4 Å². The van der Waals surface area contributed by atoms with Crippen LogP contribution in [-0.4, -0.2) is 48.4 Å². The number of carbonyl (C=O) groups excluding carboxylic acids is 2. The fourth-order valence-corrected chi connectivity index (χ4v) is 4.71. The van der Waals surface area contributed by atoms with Gasteiger partial charge in [-0.1, -0.05) is 6.92 Å². The summed E-state index contributed by atoms with van der Waals surface area (Å²) in [6, 6.07) is 8.18. The van der Waals surface area contributed by atoms with E-state index in [1.165, 1.54) is 24.3 Å². The Morgan fingerprint density at radius 3 is 2.38 bits per heavy atom. The van der Waals surface area contributed by atoms with Crippen molar-refractivity contribution in [3.05, 3.63) is 50.0 Å². The zero-order valence-electron chi connectivity index (χ0n) is 21.1. The van der Waals surface area contributed by atoms with Crippen molar-refractivity contribution in [2.45, 2.75) is 76.9 Å². The summed E-state index contributed by atoms with van der Waals surface area (Å²) in [5.41, 5.74) is 5.53. The smallest absolute Gasteiger partial charge is 0.462 e. The van der Waals surface area contributed by atoms with Gasteiger partial charge in [0.1, 0.15) is 11.9 Å². The zero-order chi connectivity index (χ0) is 24.3. The first-order valence-corrected chi connectivity index (χ1v) is 12.2. The van der Waals surface area contributed by atoms with Crippen molar-refractivity contribution in [2.75, 3.05) is 19.6 Å². The van der Waals surface area contributed by atoms with Gasteiger partial charge >= 0.3 is 24.8 Å². The molecule has 1 aromatic rings. The van der Waals surface area contributed by atoms with Crippen molar-refractivity contribution in [1.29, 1.82) is 0 Å². The molecule has 0 aromatic heterocycles. The Balaban J connectivity index is 0.000000618. The Bertz CT molecular complexity index is 722. The molecule has 0 amide bonds. The van der Waals surface area contributed by atoms with Crippen LogP contribution in [0.15, 0.2) is 24.3 Å². The van der Waals surface area contributed by atoms with Crippen LogP contribution in [0.25, 0.3) is 0 Å². The summed E-state index contributed by atoms with van der Waals surface area (Å²) in [4.78, 5) is 26.6. The van der Waals surface area contributed by atoms with Gasteiger partial charge in [0.25, 0.3) is 0 Å². The van der Waals surface area contributed by atoms with E-state index in [2.05, 4.69) is 24.8 Å². The third-order valence-electron chi connectivity index (χ3n) is 7.12. The normalized spacial score (nSPS) is 24.7. The molecule has 1 saturated carbocycles. The Kier molecular flexibility index (Phi) is 14.3. The van der Waals surface area contributed by atoms with Gasteiger partial charge in [-0.15, -0.1) is 25.2 Å². The van der Waals surface area contributed by atoms with Crippen molar-refractivity contribution >= 4 is 11.8 Å². The minimum Gasteiger partial charge on any atom is -0.462 e. The third kappa shape index (κ3) is 9.45. The maximum absolute atomic E-state index is 12.5. The molecule has 5 nitrogen and oxygen atoms in total. The molecular formula is C27H40FLiN2O3-2. The van der Waals surface area contributed by atoms with E-state index in [9.17, 15) is 14.0 Å². The van der Waals surface area contributed by atoms with E-state index < -0.39 is 0 Å². The molecule has 1 spiro atoms. The number of halogens is 1. The number of hydrogen-bond acceptors (Lipinski definition) is 5. The number of rotatable bonds is 10. The van der Waals surface area contributed by atoms with Crippen molar-refractivity contribution in [3.63, 3.8) is 0 Å². The molecule has 0 bridgehead atoms. The SMILES string of the molecule is Fc1cc[c-]cc1.[CH2-]CN(C[CH2-])CC[C@H]1CC2(CCC(CCC(=O)[C@@H](N)CC)CC2)C(=O)O1.[Li+]. The molecule has 1 aliphatic carbocycles. The molecule has 2 fully saturated rings. The summed E-state index contributed by atoms with van der Waals surface area (Å²) in [7, 11) is 0. The van der Waals surface area contributed by atoms with Gasteiger partial charge in [0.05, 0.1) is 11.5 Å². The fraction of sp³-hybridized carbons (Fsp3) is 0.630. The number of cyclic esters (lactones) is 1. The average molecular weight is 467 g/mol. The number of Topliss-reactive ketones (excluding diaryl/α,β-unsaturated/α-hetero) is 1. The van der Waals surface area contributed by atoms with E-state index in [0.717, 1.165) is 64.6 Å². The summed E-state index contributed by atoms with van der Waals surface area (Å²) in [5, 5.41) is 0. The van der Waals surface area contributed by atoms with Crippen LogP contribution >= 0.6 is 0 Å². The summed E-state index contributed by atoms with van der Waals surface area (Å²) >= 11 is 0. The van der Waals surface area contributed by atoms with Crippen molar-refractivity contribution < 1.29 is 37.6 Å². The molecule has 7 heteroatoms. The molecule has 186 valence electrons. The van der Waals surface area contributed by atoms with E-state index in [0.29, 0.717) is 18.8 Å². The van der Waals surface area contributed by atoms with Crippen molar-refractivity contribution in [1.82, 2.24) is 4.90 Å². The van der Waals surface area contributed by atoms with Gasteiger partial charge in [-0.25, -0.2) is 4.39 Å². The van der Waals surface area contributed by atoms with Gasteiger partial charge in [0.15, 0.2) is 0 Å². The number of benzene rings is 1. The van der Waals surface area contributed by atoms with Gasteiger partial charge in [0.2, 0.25) is 0 Å². The first kappa shape index (κ1) is 30.8. The first-order valence-electron chi connectivity index (χ1n) is 12.2. The number of nitrogens with two attached hydrogens (primary N) is 1. The Labute approximate surface area is 217 Å². The predicted octanol–water partition coefficient (Wildman–Crippen LogP) is 1.56. The quantitative estimate of drug-likeness (QED) is 0.322. The summed E-state index contributed by atoms with van der Waals surface area (Å²) in [6.07, 6.45) is 7.76. The topological polar surface area (TPSA) is 72.6 Å². The van der Waals surface area contributed by atoms with E-state index in [1.807, 2.05) is 6.92 Å². The molecule has 2 atom stereocenters. The number of ether oxygens (including phenoxy) is 1. The number of nitrogens with zero attached hydrogens (tertiary/aromatic N) is 1. The Morgan fingerprint density at radius 2 is 1.88 bits per heavy atom. The predicted molar refractivity (Wildman–Crippen MR) is 128 cm³/mol. The number of hydrogen-bond donors (Lipinski definition) is 1. The van der Waals surface area contributed by atoms with Crippen molar-refractivity contribution in [2.24, 2.45) is 17.1 Å². The van der Waals surface area contributed by atoms with Gasteiger partial charge in [0, 0.05) is 18.7 Å². The minimum absolute atomic E-state index is 0. The number of ketones is 1. The molecule has 1 aliphatic heterocycles. The van der Waals surface area contributed by atoms with Crippen LogP contribution < -0.4 is 24.6 Å². The molecule has 0 radical (unpaired) electrons. The maximum Gasteiger partial charge on any atom is 1.00 e. The molecule has 34 heavy (non-hydrogen) atoms. The van der Waals surface area contributed by atoms with E-state index in [4.69, 9.17) is 10.5 Å². The van der Waals surface area contributed by atoms with Crippen LogP contribution in [0.4, 0.5) is 4.39 Å². The zero-order valence-corrected chi connectivity index (χ0v) is 21.1. The van der Waals surface area contributed by atoms with E-state index >= 15 is 0 Å². The molecule has 1 heterocycles. The fourth-order valence-electron chi connectivity index (χ4n) is 4.71. The largest absolute Gasteiger partial charge is 1.00 e. The number of esters is 1. The van der Waals surface area contributed by atoms with Gasteiger partial charge in [-0.2, -0.15) is 18.2 Å². The molecule has 0 unspecified atom stereocenters. The molecule has 2 aliphatic rings. The van der Waals surface area contributed by atoms with Gasteiger partial charge in [-0.3, -0.25) is 9.59 Å². The Morgan fingerprint density at radius 1 is 1.26 bits per heavy atom. The average Bonchev–Trinajstić information content (AvgIpc) is 3.14. The first-order chi connectivity index (χ1) is 15.8. The molecule has 3 rings (SSSR count). The van der Waals surface area contributed by atoms with Crippen LogP contribution in [-0.2, 0) is 14.3 Å². The third-order valence-corrected chi connectivity index (χ3v) is 7.12. The number of carbonyl (C=O) groups is 2. The monoisotopic (exact) mass is 466 g/mol. The van der Waals surface area contributed by atoms with E-state index in [1.54, 1.807) is 0 Å². The molecular weight excluding hydrogens is 426 g/mol. The summed E-state index contributed by atoms with van der Waals surface area (Å²) in [5.74, 6) is 0.501. The van der Waals surface area contributed by atoms with Crippen LogP contribution in [0.1, 0.15) is 64.7 Å². The van der Waals surface area contributed by atoms with Crippen LogP contribution in [0, 0.1) is 37.1 Å².